The molecule has 2 saturated carbocycles. The molecule has 1 aromatic carbocycles. The molecule has 2 aliphatic carbocycles. The van der Waals surface area contributed by atoms with Crippen molar-refractivity contribution in [3.8, 4) is 17.3 Å². The molecule has 2 bridgehead atoms. The summed E-state index contributed by atoms with van der Waals surface area (Å²) in [5.74, 6) is 2.49. The zero-order chi connectivity index (χ0) is 31.8. The third-order valence-electron chi connectivity index (χ3n) is 10.7. The van der Waals surface area contributed by atoms with E-state index in [1.54, 1.807) is 19.4 Å². The number of piperidine rings is 1. The van der Waals surface area contributed by atoms with Crippen molar-refractivity contribution < 1.29 is 14.3 Å². The molecule has 5 aromatic rings. The van der Waals surface area contributed by atoms with E-state index < -0.39 is 0 Å². The van der Waals surface area contributed by atoms with Crippen molar-refractivity contribution >= 4 is 33.9 Å². The Morgan fingerprint density at radius 1 is 0.936 bits per heavy atom. The Morgan fingerprint density at radius 3 is 2.51 bits per heavy atom. The van der Waals surface area contributed by atoms with Crippen LogP contribution in [0.5, 0.6) is 5.75 Å². The largest absolute Gasteiger partial charge is 0.494 e. The maximum Gasteiger partial charge on any atom is 0.272 e. The second kappa shape index (κ2) is 10.9. The molecule has 2 amide bonds. The standard InChI is InChI=1S/C35H37N9O3/c1-47-29-13-24(34(45)43-18-23-6-7-27(43)30(23)36)11-26-31(29)44(17-21-14-41(15-21)35(46)25-8-10-37-19-39-25)33(40-26)28-12-22-3-2-9-38-32(22)42(28)16-20-4-5-20/h2-3,8-13,19-21,23,27,30H,4-7,14-18,36H2,1H3/t23-,27-,30-/m1/s1. The number of aromatic nitrogens is 6. The predicted octanol–water partition coefficient (Wildman–Crippen LogP) is 3.60. The highest BCUT2D eigenvalue weighted by Crippen LogP contribution is 2.41. The molecule has 2 N–H and O–H groups in total. The molecule has 0 spiro atoms. The number of ether oxygens (including phenoxy) is 1. The van der Waals surface area contributed by atoms with Gasteiger partial charge < -0.3 is 29.4 Å². The average molecular weight is 632 g/mol. The lowest BCUT2D eigenvalue weighted by atomic mass is 9.99. The molecule has 0 unspecified atom stereocenters. The summed E-state index contributed by atoms with van der Waals surface area (Å²) in [5.41, 5.74) is 10.9. The lowest BCUT2D eigenvalue weighted by molar-refractivity contribution is 0.0465. The first-order chi connectivity index (χ1) is 23.0. The van der Waals surface area contributed by atoms with Gasteiger partial charge in [-0.3, -0.25) is 9.59 Å². The van der Waals surface area contributed by atoms with Gasteiger partial charge in [-0.1, -0.05) is 0 Å². The average Bonchev–Trinajstić information content (AvgIpc) is 3.44. The fraction of sp³-hybridized carbons (Fsp3) is 0.429. The highest BCUT2D eigenvalue weighted by Gasteiger charge is 2.47. The first kappa shape index (κ1) is 28.4. The summed E-state index contributed by atoms with van der Waals surface area (Å²) < 4.78 is 10.5. The van der Waals surface area contributed by atoms with Crippen LogP contribution >= 0.6 is 0 Å². The molecular weight excluding hydrogens is 594 g/mol. The van der Waals surface area contributed by atoms with Gasteiger partial charge in [0.1, 0.15) is 28.9 Å². The van der Waals surface area contributed by atoms with Crippen molar-refractivity contribution in [3.05, 3.63) is 66.4 Å². The number of likely N-dealkylation sites (tertiary alicyclic amines) is 2. The van der Waals surface area contributed by atoms with Gasteiger partial charge in [0.15, 0.2) is 5.82 Å². The van der Waals surface area contributed by atoms with E-state index in [0.717, 1.165) is 47.5 Å². The smallest absolute Gasteiger partial charge is 0.272 e. The first-order valence-corrected chi connectivity index (χ1v) is 16.6. The number of imidazole rings is 1. The number of rotatable bonds is 8. The molecule has 4 fully saturated rings. The molecule has 0 radical (unpaired) electrons. The lowest BCUT2D eigenvalue weighted by Gasteiger charge is -2.39. The summed E-state index contributed by atoms with van der Waals surface area (Å²) in [5, 5.41) is 1.07. The molecule has 12 nitrogen and oxygen atoms in total. The second-order valence-electron chi connectivity index (χ2n) is 13.7. The Hall–Kier alpha value is -4.84. The van der Waals surface area contributed by atoms with Gasteiger partial charge in [0.25, 0.3) is 11.8 Å². The molecule has 4 aromatic heterocycles. The van der Waals surface area contributed by atoms with Crippen LogP contribution in [0.2, 0.25) is 0 Å². The van der Waals surface area contributed by atoms with Crippen LogP contribution in [0.4, 0.5) is 0 Å². The maximum absolute atomic E-state index is 13.9. The van der Waals surface area contributed by atoms with E-state index in [0.29, 0.717) is 60.5 Å². The van der Waals surface area contributed by atoms with Gasteiger partial charge in [-0.15, -0.1) is 0 Å². The zero-order valence-corrected chi connectivity index (χ0v) is 26.3. The van der Waals surface area contributed by atoms with E-state index >= 15 is 0 Å². The van der Waals surface area contributed by atoms with E-state index in [1.165, 1.54) is 19.2 Å². The minimum atomic E-state index is -0.0916. The van der Waals surface area contributed by atoms with E-state index in [4.69, 9.17) is 20.4 Å². The van der Waals surface area contributed by atoms with E-state index in [2.05, 4.69) is 31.2 Å². The van der Waals surface area contributed by atoms with Gasteiger partial charge in [-0.25, -0.2) is 19.9 Å². The number of amides is 2. The molecule has 12 heteroatoms. The summed E-state index contributed by atoms with van der Waals surface area (Å²) in [4.78, 5) is 48.9. The van der Waals surface area contributed by atoms with Crippen LogP contribution in [0.3, 0.4) is 0 Å². The molecular formula is C35H37N9O3. The number of nitrogens with zero attached hydrogens (tertiary/aromatic N) is 8. The molecule has 6 heterocycles. The third kappa shape index (κ3) is 4.68. The summed E-state index contributed by atoms with van der Waals surface area (Å²) in [6.07, 6.45) is 9.28. The Balaban J connectivity index is 1.13. The third-order valence-corrected chi connectivity index (χ3v) is 10.7. The minimum absolute atomic E-state index is 0.0196. The number of hydrogen-bond donors (Lipinski definition) is 1. The fourth-order valence-electron chi connectivity index (χ4n) is 8.03. The molecule has 2 saturated heterocycles. The molecule has 2 aliphatic heterocycles. The van der Waals surface area contributed by atoms with Gasteiger partial charge >= 0.3 is 0 Å². The van der Waals surface area contributed by atoms with Crippen molar-refractivity contribution in [1.29, 1.82) is 0 Å². The van der Waals surface area contributed by atoms with Crippen LogP contribution in [0.15, 0.2) is 55.1 Å². The number of carbonyl (C=O) groups excluding carboxylic acids is 2. The molecule has 9 rings (SSSR count). The number of fused-ring (bicyclic) bond motifs is 4. The van der Waals surface area contributed by atoms with Crippen LogP contribution in [-0.4, -0.2) is 89.5 Å². The van der Waals surface area contributed by atoms with Crippen molar-refractivity contribution in [3.63, 3.8) is 0 Å². The maximum atomic E-state index is 13.9. The fourth-order valence-corrected chi connectivity index (χ4v) is 8.03. The quantitative estimate of drug-likeness (QED) is 0.274. The number of methoxy groups -OCH3 is 1. The molecule has 3 atom stereocenters. The van der Waals surface area contributed by atoms with Crippen LogP contribution in [0.1, 0.15) is 46.5 Å². The summed E-state index contributed by atoms with van der Waals surface area (Å²) in [6.45, 7) is 3.41. The highest BCUT2D eigenvalue weighted by atomic mass is 16.5. The number of benzene rings is 1. The highest BCUT2D eigenvalue weighted by molar-refractivity contribution is 6.00. The van der Waals surface area contributed by atoms with Gasteiger partial charge in [0.2, 0.25) is 0 Å². The van der Waals surface area contributed by atoms with Gasteiger partial charge in [-0.05, 0) is 73.9 Å². The Labute approximate surface area is 271 Å². The number of nitrogens with two attached hydrogens (primary N) is 1. The SMILES string of the molecule is COc1cc(C(=O)N2C[C@H]3CC[C@@H]2[C@@H]3N)cc2nc(-c3cc4cccnc4n3CC3CC3)n(CC3CN(C(=O)c4ccncn4)C3)c12. The van der Waals surface area contributed by atoms with Gasteiger partial charge in [-0.2, -0.15) is 0 Å². The molecule has 240 valence electrons. The van der Waals surface area contributed by atoms with Gasteiger partial charge in [0, 0.05) is 74.1 Å². The van der Waals surface area contributed by atoms with E-state index in [-0.39, 0.29) is 29.8 Å². The normalized spacial score (nSPS) is 22.4. The molecule has 4 aliphatic rings. The Morgan fingerprint density at radius 2 is 1.79 bits per heavy atom. The predicted molar refractivity (Wildman–Crippen MR) is 175 cm³/mol. The van der Waals surface area contributed by atoms with Crippen LogP contribution in [-0.2, 0) is 13.1 Å². The lowest BCUT2D eigenvalue weighted by Crippen LogP contribution is -2.51. The van der Waals surface area contributed by atoms with Crippen LogP contribution < -0.4 is 10.5 Å². The monoisotopic (exact) mass is 631 g/mol. The number of carbonyl (C=O) groups is 2. The van der Waals surface area contributed by atoms with Crippen LogP contribution in [0.25, 0.3) is 33.6 Å². The summed E-state index contributed by atoms with van der Waals surface area (Å²) in [6, 6.07) is 11.8. The Bertz CT molecular complexity index is 2030. The topological polar surface area (TPSA) is 137 Å². The van der Waals surface area contributed by atoms with E-state index in [9.17, 15) is 9.59 Å². The Kier molecular flexibility index (Phi) is 6.56. The van der Waals surface area contributed by atoms with Crippen molar-refractivity contribution in [2.45, 2.75) is 50.9 Å². The summed E-state index contributed by atoms with van der Waals surface area (Å²) in [7, 11) is 1.65. The summed E-state index contributed by atoms with van der Waals surface area (Å²) >= 11 is 0. The number of hydrogen-bond acceptors (Lipinski definition) is 8. The molecule has 47 heavy (non-hydrogen) atoms. The minimum Gasteiger partial charge on any atom is -0.494 e. The van der Waals surface area contributed by atoms with Gasteiger partial charge in [0.05, 0.1) is 18.3 Å². The van der Waals surface area contributed by atoms with Crippen LogP contribution in [0, 0.1) is 17.8 Å². The van der Waals surface area contributed by atoms with E-state index in [1.807, 2.05) is 34.2 Å². The van der Waals surface area contributed by atoms with Crippen molar-refractivity contribution in [2.24, 2.45) is 23.5 Å². The van der Waals surface area contributed by atoms with Crippen molar-refractivity contribution in [1.82, 2.24) is 38.9 Å². The second-order valence-corrected chi connectivity index (χ2v) is 13.7. The number of pyridine rings is 1. The first-order valence-electron chi connectivity index (χ1n) is 16.6. The zero-order valence-electron chi connectivity index (χ0n) is 26.3. The van der Waals surface area contributed by atoms with Crippen molar-refractivity contribution in [2.75, 3.05) is 26.7 Å².